The molecule has 0 aromatic heterocycles. The lowest BCUT2D eigenvalue weighted by atomic mass is 10.2. The van der Waals surface area contributed by atoms with Gasteiger partial charge in [-0.1, -0.05) is 17.7 Å². The molecule has 0 aliphatic heterocycles. The van der Waals surface area contributed by atoms with E-state index in [0.717, 1.165) is 11.3 Å². The van der Waals surface area contributed by atoms with Crippen LogP contribution in [0, 0.1) is 5.82 Å². The first-order chi connectivity index (χ1) is 9.60. The number of halogens is 2. The van der Waals surface area contributed by atoms with Gasteiger partial charge in [-0.3, -0.25) is 0 Å². The molecule has 0 radical (unpaired) electrons. The molecule has 0 aliphatic carbocycles. The van der Waals surface area contributed by atoms with E-state index in [-0.39, 0.29) is 5.75 Å². The number of rotatable bonds is 5. The molecule has 0 fully saturated rings. The number of aromatic hydroxyl groups is 1. The van der Waals surface area contributed by atoms with E-state index in [1.807, 2.05) is 13.0 Å². The number of phenols is 1. The number of benzene rings is 2. The Bertz CT molecular complexity index is 604. The van der Waals surface area contributed by atoms with E-state index < -0.39 is 5.82 Å². The average Bonchev–Trinajstić information content (AvgIpc) is 2.43. The molecule has 0 heterocycles. The molecule has 0 amide bonds. The quantitative estimate of drug-likeness (QED) is 0.869. The van der Waals surface area contributed by atoms with E-state index in [0.29, 0.717) is 23.9 Å². The molecule has 2 aromatic rings. The summed E-state index contributed by atoms with van der Waals surface area (Å²) in [5.41, 5.74) is 1.54. The zero-order chi connectivity index (χ0) is 14.5. The van der Waals surface area contributed by atoms with Crippen molar-refractivity contribution in [3.63, 3.8) is 0 Å². The summed E-state index contributed by atoms with van der Waals surface area (Å²) < 4.78 is 18.5. The van der Waals surface area contributed by atoms with Crippen molar-refractivity contribution in [1.82, 2.24) is 0 Å². The average molecular weight is 296 g/mol. The molecule has 0 atom stereocenters. The Kier molecular flexibility index (Phi) is 4.69. The largest absolute Gasteiger partial charge is 0.505 e. The zero-order valence-corrected chi connectivity index (χ0v) is 11.7. The number of phenolic OH excluding ortho intramolecular Hbond substituents is 1. The first-order valence-corrected chi connectivity index (χ1v) is 6.61. The van der Waals surface area contributed by atoms with Crippen molar-refractivity contribution in [2.75, 3.05) is 11.9 Å². The molecule has 20 heavy (non-hydrogen) atoms. The lowest BCUT2D eigenvalue weighted by Crippen LogP contribution is -2.00. The Morgan fingerprint density at radius 2 is 2.05 bits per heavy atom. The fourth-order valence-electron chi connectivity index (χ4n) is 1.75. The van der Waals surface area contributed by atoms with Crippen LogP contribution in [0.1, 0.15) is 12.5 Å². The van der Waals surface area contributed by atoms with Crippen LogP contribution < -0.4 is 10.1 Å². The van der Waals surface area contributed by atoms with Gasteiger partial charge in [-0.25, -0.2) is 4.39 Å². The molecule has 2 N–H and O–H groups in total. The maximum absolute atomic E-state index is 13.2. The summed E-state index contributed by atoms with van der Waals surface area (Å²) in [6, 6.07) is 9.65. The van der Waals surface area contributed by atoms with Crippen LogP contribution >= 0.6 is 11.6 Å². The van der Waals surface area contributed by atoms with Gasteiger partial charge in [0.15, 0.2) is 11.6 Å². The Hall–Kier alpha value is -1.94. The summed E-state index contributed by atoms with van der Waals surface area (Å²) in [5.74, 6) is -0.345. The minimum atomic E-state index is -0.631. The second-order valence-electron chi connectivity index (χ2n) is 4.22. The van der Waals surface area contributed by atoms with Gasteiger partial charge >= 0.3 is 0 Å². The smallest absolute Gasteiger partial charge is 0.165 e. The van der Waals surface area contributed by atoms with E-state index in [9.17, 15) is 4.39 Å². The molecule has 0 spiro atoms. The van der Waals surface area contributed by atoms with Gasteiger partial charge in [0.05, 0.1) is 11.6 Å². The van der Waals surface area contributed by atoms with E-state index in [1.54, 1.807) is 18.2 Å². The lowest BCUT2D eigenvalue weighted by Gasteiger charge is -2.10. The number of ether oxygens (including phenoxy) is 1. The highest BCUT2D eigenvalue weighted by atomic mass is 35.5. The van der Waals surface area contributed by atoms with Crippen molar-refractivity contribution in [2.45, 2.75) is 13.5 Å². The van der Waals surface area contributed by atoms with Gasteiger partial charge in [-0.05, 0) is 42.8 Å². The van der Waals surface area contributed by atoms with E-state index in [4.69, 9.17) is 21.4 Å². The maximum atomic E-state index is 13.2. The monoisotopic (exact) mass is 295 g/mol. The van der Waals surface area contributed by atoms with Crippen LogP contribution in [0.25, 0.3) is 0 Å². The van der Waals surface area contributed by atoms with E-state index in [2.05, 4.69) is 5.32 Å². The standard InChI is InChI=1S/C15H15ClFNO2/c1-2-20-15-6-4-11(8-12(15)16)18-9-10-3-5-14(19)13(17)7-10/h3-8,18-19H,2,9H2,1H3. The van der Waals surface area contributed by atoms with Crippen molar-refractivity contribution in [3.05, 3.63) is 52.8 Å². The van der Waals surface area contributed by atoms with Gasteiger partial charge in [-0.15, -0.1) is 0 Å². The molecule has 2 aromatic carbocycles. The van der Waals surface area contributed by atoms with Crippen molar-refractivity contribution in [3.8, 4) is 11.5 Å². The Morgan fingerprint density at radius 3 is 2.70 bits per heavy atom. The Morgan fingerprint density at radius 1 is 1.25 bits per heavy atom. The number of hydrogen-bond donors (Lipinski definition) is 2. The first-order valence-electron chi connectivity index (χ1n) is 6.23. The number of nitrogens with one attached hydrogen (secondary N) is 1. The Balaban J connectivity index is 2.03. The SMILES string of the molecule is CCOc1ccc(NCc2ccc(O)c(F)c2)cc1Cl. The van der Waals surface area contributed by atoms with Crippen molar-refractivity contribution in [2.24, 2.45) is 0 Å². The first kappa shape index (κ1) is 14.5. The second-order valence-corrected chi connectivity index (χ2v) is 4.62. The summed E-state index contributed by atoms with van der Waals surface area (Å²) >= 11 is 6.08. The van der Waals surface area contributed by atoms with Gasteiger partial charge in [0.25, 0.3) is 0 Å². The van der Waals surface area contributed by atoms with E-state index >= 15 is 0 Å². The summed E-state index contributed by atoms with van der Waals surface area (Å²) in [7, 11) is 0. The van der Waals surface area contributed by atoms with Crippen LogP contribution in [-0.2, 0) is 6.54 Å². The summed E-state index contributed by atoms with van der Waals surface area (Å²) in [6.07, 6.45) is 0. The van der Waals surface area contributed by atoms with Gasteiger partial charge in [0.2, 0.25) is 0 Å². The Labute approximate surface area is 122 Å². The highest BCUT2D eigenvalue weighted by Gasteiger charge is 2.04. The van der Waals surface area contributed by atoms with Crippen LogP contribution in [0.5, 0.6) is 11.5 Å². The molecular weight excluding hydrogens is 281 g/mol. The van der Waals surface area contributed by atoms with Gasteiger partial charge in [0, 0.05) is 12.2 Å². The zero-order valence-electron chi connectivity index (χ0n) is 11.0. The molecule has 0 saturated heterocycles. The highest BCUT2D eigenvalue weighted by molar-refractivity contribution is 6.32. The summed E-state index contributed by atoms with van der Waals surface area (Å²) in [5, 5.41) is 12.8. The van der Waals surface area contributed by atoms with Crippen LogP contribution in [0.15, 0.2) is 36.4 Å². The molecule has 5 heteroatoms. The van der Waals surface area contributed by atoms with Crippen molar-refractivity contribution >= 4 is 17.3 Å². The van der Waals surface area contributed by atoms with Crippen LogP contribution in [0.3, 0.4) is 0 Å². The third-order valence-corrected chi connectivity index (χ3v) is 3.04. The van der Waals surface area contributed by atoms with E-state index in [1.165, 1.54) is 12.1 Å². The fraction of sp³-hybridized carbons (Fsp3) is 0.200. The molecule has 2 rings (SSSR count). The summed E-state index contributed by atoms with van der Waals surface area (Å²) in [4.78, 5) is 0. The molecular formula is C15H15ClFNO2. The second kappa shape index (κ2) is 6.48. The normalized spacial score (nSPS) is 10.3. The van der Waals surface area contributed by atoms with Crippen molar-refractivity contribution < 1.29 is 14.2 Å². The topological polar surface area (TPSA) is 41.5 Å². The third-order valence-electron chi connectivity index (χ3n) is 2.74. The van der Waals surface area contributed by atoms with Crippen molar-refractivity contribution in [1.29, 1.82) is 0 Å². The van der Waals surface area contributed by atoms with Crippen LogP contribution in [0.4, 0.5) is 10.1 Å². The number of hydrogen-bond acceptors (Lipinski definition) is 3. The molecule has 106 valence electrons. The predicted octanol–water partition coefficient (Wildman–Crippen LogP) is 4.20. The highest BCUT2D eigenvalue weighted by Crippen LogP contribution is 2.28. The third kappa shape index (κ3) is 3.54. The molecule has 3 nitrogen and oxygen atoms in total. The number of anilines is 1. The minimum Gasteiger partial charge on any atom is -0.505 e. The molecule has 0 saturated carbocycles. The molecule has 0 unspecified atom stereocenters. The predicted molar refractivity (Wildman–Crippen MR) is 78.0 cm³/mol. The minimum absolute atomic E-state index is 0.349. The van der Waals surface area contributed by atoms with Crippen LogP contribution in [-0.4, -0.2) is 11.7 Å². The molecule has 0 aliphatic rings. The van der Waals surface area contributed by atoms with Gasteiger partial charge in [-0.2, -0.15) is 0 Å². The lowest BCUT2D eigenvalue weighted by molar-refractivity contribution is 0.340. The fourth-order valence-corrected chi connectivity index (χ4v) is 1.98. The maximum Gasteiger partial charge on any atom is 0.165 e. The van der Waals surface area contributed by atoms with Crippen LogP contribution in [0.2, 0.25) is 5.02 Å². The van der Waals surface area contributed by atoms with Gasteiger partial charge < -0.3 is 15.2 Å². The summed E-state index contributed by atoms with van der Waals surface area (Å²) in [6.45, 7) is 2.88. The molecule has 0 bridgehead atoms. The van der Waals surface area contributed by atoms with Gasteiger partial charge in [0.1, 0.15) is 5.75 Å².